The topological polar surface area (TPSA) is 110 Å². The van der Waals surface area contributed by atoms with Crippen LogP contribution >= 0.6 is 0 Å². The van der Waals surface area contributed by atoms with Crippen LogP contribution in [0.25, 0.3) is 0 Å². The highest BCUT2D eigenvalue weighted by molar-refractivity contribution is 6.09. The van der Waals surface area contributed by atoms with E-state index in [4.69, 9.17) is 10.1 Å². The van der Waals surface area contributed by atoms with E-state index in [0.717, 1.165) is 18.4 Å². The smallest absolute Gasteiger partial charge is 0.261 e. The van der Waals surface area contributed by atoms with E-state index in [1.54, 1.807) is 18.3 Å². The maximum Gasteiger partial charge on any atom is 0.261 e. The molecule has 148 valence electrons. The van der Waals surface area contributed by atoms with E-state index in [-0.39, 0.29) is 11.4 Å². The average Bonchev–Trinajstić information content (AvgIpc) is 2.67. The summed E-state index contributed by atoms with van der Waals surface area (Å²) in [5, 5.41) is 25.2. The number of ether oxygens (including phenoxy) is 1. The molecule has 1 saturated heterocycles. The average molecular weight is 382 g/mol. The number of amidine groups is 1. The molecule has 0 amide bonds. The quantitative estimate of drug-likeness (QED) is 0.403. The summed E-state index contributed by atoms with van der Waals surface area (Å²) in [7, 11) is 0. The van der Waals surface area contributed by atoms with Gasteiger partial charge < -0.3 is 25.5 Å². The molecule has 7 heteroatoms. The summed E-state index contributed by atoms with van der Waals surface area (Å²) in [5.74, 6) is 0.0404. The second-order valence-corrected chi connectivity index (χ2v) is 7.68. The molecule has 0 spiro atoms. The van der Waals surface area contributed by atoms with Gasteiger partial charge in [-0.2, -0.15) is 0 Å². The second-order valence-electron chi connectivity index (χ2n) is 7.68. The van der Waals surface area contributed by atoms with Gasteiger partial charge in [0.05, 0.1) is 18.9 Å². The number of aliphatic hydroxyl groups is 1. The Balaban J connectivity index is 1.50. The Morgan fingerprint density at radius 3 is 2.50 bits per heavy atom. The molecule has 0 bridgehead atoms. The minimum Gasteiger partial charge on any atom is -0.382 e. The minimum absolute atomic E-state index is 0.0404. The van der Waals surface area contributed by atoms with Crippen LogP contribution in [0.15, 0.2) is 41.3 Å². The van der Waals surface area contributed by atoms with Gasteiger partial charge in [-0.3, -0.25) is 10.2 Å². The molecule has 2 heterocycles. The minimum atomic E-state index is -0.917. The van der Waals surface area contributed by atoms with Crippen molar-refractivity contribution in [2.24, 2.45) is 0 Å². The normalized spacial score (nSPS) is 18.9. The van der Waals surface area contributed by atoms with Crippen LogP contribution in [0.3, 0.4) is 0 Å². The van der Waals surface area contributed by atoms with Gasteiger partial charge in [0.1, 0.15) is 17.0 Å². The Kier molecular flexibility index (Phi) is 5.19. The second kappa shape index (κ2) is 7.77. The van der Waals surface area contributed by atoms with Crippen molar-refractivity contribution < 1.29 is 9.84 Å². The van der Waals surface area contributed by atoms with Crippen LogP contribution < -0.4 is 16.2 Å². The lowest BCUT2D eigenvalue weighted by Gasteiger charge is -2.36. The number of H-pyrrole nitrogens is 1. The van der Waals surface area contributed by atoms with E-state index in [9.17, 15) is 9.90 Å². The fourth-order valence-corrected chi connectivity index (χ4v) is 3.85. The van der Waals surface area contributed by atoms with Crippen molar-refractivity contribution in [2.45, 2.75) is 43.7 Å². The van der Waals surface area contributed by atoms with Crippen molar-refractivity contribution >= 4 is 17.2 Å². The Morgan fingerprint density at radius 2 is 1.86 bits per heavy atom. The zero-order chi connectivity index (χ0) is 19.6. The van der Waals surface area contributed by atoms with Crippen LogP contribution in [0.4, 0.5) is 11.4 Å². The van der Waals surface area contributed by atoms with Gasteiger partial charge in [-0.05, 0) is 36.6 Å². The molecule has 0 radical (unpaired) electrons. The highest BCUT2D eigenvalue weighted by atomic mass is 16.5. The van der Waals surface area contributed by atoms with E-state index in [0.29, 0.717) is 36.2 Å². The van der Waals surface area contributed by atoms with Gasteiger partial charge in [-0.25, -0.2) is 0 Å². The lowest BCUT2D eigenvalue weighted by Crippen LogP contribution is -2.46. The summed E-state index contributed by atoms with van der Waals surface area (Å²) in [6, 6.07) is 9.38. The summed E-state index contributed by atoms with van der Waals surface area (Å²) < 4.78 is 5.09. The maximum absolute atomic E-state index is 12.4. The van der Waals surface area contributed by atoms with Crippen LogP contribution in [0.2, 0.25) is 0 Å². The maximum atomic E-state index is 12.4. The number of benzene rings is 1. The highest BCUT2D eigenvalue weighted by Gasteiger charge is 2.37. The SMILES string of the molecule is N=C(Nc1ccc(C2(O)COC2)cc1)c1c(NC2CCCCC2)cc[nH]c1=O. The predicted octanol–water partition coefficient (Wildman–Crippen LogP) is 2.77. The van der Waals surface area contributed by atoms with Crippen molar-refractivity contribution in [2.75, 3.05) is 23.8 Å². The van der Waals surface area contributed by atoms with E-state index in [2.05, 4.69) is 15.6 Å². The van der Waals surface area contributed by atoms with Gasteiger partial charge in [-0.1, -0.05) is 31.4 Å². The molecular formula is C21H26N4O3. The molecule has 0 atom stereocenters. The van der Waals surface area contributed by atoms with E-state index >= 15 is 0 Å². The van der Waals surface area contributed by atoms with E-state index in [1.165, 1.54) is 19.3 Å². The molecule has 28 heavy (non-hydrogen) atoms. The Labute approximate surface area is 163 Å². The van der Waals surface area contributed by atoms with Gasteiger partial charge in [0, 0.05) is 17.9 Å². The number of hydrogen-bond acceptors (Lipinski definition) is 5. The zero-order valence-electron chi connectivity index (χ0n) is 15.8. The van der Waals surface area contributed by atoms with Crippen LogP contribution in [0, 0.1) is 5.41 Å². The van der Waals surface area contributed by atoms with Crippen molar-refractivity contribution in [3.63, 3.8) is 0 Å². The number of aromatic nitrogens is 1. The number of nitrogens with one attached hydrogen (secondary N) is 4. The lowest BCUT2D eigenvalue weighted by molar-refractivity contribution is -0.184. The molecule has 4 rings (SSSR count). The molecule has 2 fully saturated rings. The van der Waals surface area contributed by atoms with Crippen LogP contribution in [0.5, 0.6) is 0 Å². The largest absolute Gasteiger partial charge is 0.382 e. The molecule has 1 aromatic heterocycles. The third kappa shape index (κ3) is 3.81. The van der Waals surface area contributed by atoms with Gasteiger partial charge in [0.15, 0.2) is 0 Å². The van der Waals surface area contributed by atoms with Crippen molar-refractivity contribution in [1.82, 2.24) is 4.98 Å². The molecule has 1 aromatic carbocycles. The number of rotatable bonds is 5. The molecule has 0 unspecified atom stereocenters. The van der Waals surface area contributed by atoms with Gasteiger partial charge in [0.25, 0.3) is 5.56 Å². The van der Waals surface area contributed by atoms with Crippen LogP contribution in [-0.4, -0.2) is 35.2 Å². The van der Waals surface area contributed by atoms with Crippen LogP contribution in [-0.2, 0) is 10.3 Å². The van der Waals surface area contributed by atoms with Crippen LogP contribution in [0.1, 0.15) is 43.2 Å². The van der Waals surface area contributed by atoms with E-state index < -0.39 is 5.60 Å². The zero-order valence-corrected chi connectivity index (χ0v) is 15.8. The third-order valence-electron chi connectivity index (χ3n) is 5.55. The Hall–Kier alpha value is -2.64. The van der Waals surface area contributed by atoms with Crippen molar-refractivity contribution in [3.05, 3.63) is 58.0 Å². The predicted molar refractivity (Wildman–Crippen MR) is 109 cm³/mol. The first-order valence-corrected chi connectivity index (χ1v) is 9.80. The molecule has 2 aliphatic rings. The summed E-state index contributed by atoms with van der Waals surface area (Å²) in [6.45, 7) is 0.594. The monoisotopic (exact) mass is 382 g/mol. The fourth-order valence-electron chi connectivity index (χ4n) is 3.85. The highest BCUT2D eigenvalue weighted by Crippen LogP contribution is 2.30. The fraction of sp³-hybridized carbons (Fsp3) is 0.429. The lowest BCUT2D eigenvalue weighted by atomic mass is 9.92. The first-order chi connectivity index (χ1) is 13.5. The molecule has 1 saturated carbocycles. The molecule has 1 aliphatic heterocycles. The van der Waals surface area contributed by atoms with Crippen molar-refractivity contribution in [1.29, 1.82) is 5.41 Å². The Bertz CT molecular complexity index is 897. The summed E-state index contributed by atoms with van der Waals surface area (Å²) >= 11 is 0. The first kappa shape index (κ1) is 18.7. The first-order valence-electron chi connectivity index (χ1n) is 9.80. The summed E-state index contributed by atoms with van der Waals surface area (Å²) in [4.78, 5) is 15.1. The number of anilines is 2. The molecule has 1 aliphatic carbocycles. The van der Waals surface area contributed by atoms with Gasteiger partial charge in [0.2, 0.25) is 0 Å². The number of pyridine rings is 1. The van der Waals surface area contributed by atoms with E-state index in [1.807, 2.05) is 18.2 Å². The number of aromatic amines is 1. The molecule has 2 aromatic rings. The standard InChI is InChI=1S/C21H26N4O3/c22-19(25-16-8-6-14(7-9-16)21(27)12-28-13-21)18-17(10-11-23-20(18)26)24-15-4-2-1-3-5-15/h6-11,15,27H,1-5,12-13H2,(H2,22,25)(H2,23,24,26). The molecule has 7 nitrogen and oxygen atoms in total. The van der Waals surface area contributed by atoms with Gasteiger partial charge >= 0.3 is 0 Å². The summed E-state index contributed by atoms with van der Waals surface area (Å²) in [6.07, 6.45) is 7.42. The molecular weight excluding hydrogens is 356 g/mol. The number of hydrogen-bond donors (Lipinski definition) is 5. The summed E-state index contributed by atoms with van der Waals surface area (Å²) in [5.41, 5.74) is 1.25. The van der Waals surface area contributed by atoms with Gasteiger partial charge in [-0.15, -0.1) is 0 Å². The molecule has 5 N–H and O–H groups in total. The van der Waals surface area contributed by atoms with Crippen molar-refractivity contribution in [3.8, 4) is 0 Å². The Morgan fingerprint density at radius 1 is 1.14 bits per heavy atom. The third-order valence-corrected chi connectivity index (χ3v) is 5.55.